The number of carbonyl (C=O) groups excluding carboxylic acids is 1. The molecule has 3 aromatic heterocycles. The average Bonchev–Trinajstić information content (AvgIpc) is 3.50. The molecule has 186 valence electrons. The summed E-state index contributed by atoms with van der Waals surface area (Å²) >= 11 is 1.65. The molecule has 0 unspecified atom stereocenters. The molecule has 0 spiro atoms. The number of rotatable bonds is 7. The van der Waals surface area contributed by atoms with Crippen molar-refractivity contribution in [1.82, 2.24) is 19.9 Å². The number of aryl methyl sites for hydroxylation is 1. The molecule has 0 radical (unpaired) electrons. The predicted molar refractivity (Wildman–Crippen MR) is 144 cm³/mol. The molecule has 2 fully saturated rings. The lowest BCUT2D eigenvalue weighted by atomic mass is 9.89. The highest BCUT2D eigenvalue weighted by molar-refractivity contribution is 7.13. The van der Waals surface area contributed by atoms with E-state index in [-0.39, 0.29) is 5.91 Å². The maximum absolute atomic E-state index is 13.3. The quantitative estimate of drug-likeness (QED) is 0.381. The van der Waals surface area contributed by atoms with Crippen molar-refractivity contribution in [3.8, 4) is 22.0 Å². The van der Waals surface area contributed by atoms with E-state index in [1.54, 1.807) is 11.3 Å². The Hall–Kier alpha value is -2.47. The standard InChI is InChI=1S/C29H38N4OS/c1-20-13-14-24(17-30-20)29-32-26(19-35-29)27-15-25(28(34)31-16-22-9-5-3-6-10-22)21(2)33(27)18-23-11-7-4-8-12-23/h13-15,17,19,22-23H,3-12,16,18H2,1-2H3,(H,31,34). The first-order valence-corrected chi connectivity index (χ1v) is 14.3. The van der Waals surface area contributed by atoms with Crippen molar-refractivity contribution >= 4 is 17.2 Å². The zero-order valence-electron chi connectivity index (χ0n) is 21.2. The van der Waals surface area contributed by atoms with Gasteiger partial charge in [0.15, 0.2) is 0 Å². The van der Waals surface area contributed by atoms with Crippen molar-refractivity contribution in [3.05, 3.63) is 46.7 Å². The molecule has 1 N–H and O–H groups in total. The molecule has 2 aliphatic carbocycles. The Morgan fingerprint density at radius 1 is 1.03 bits per heavy atom. The predicted octanol–water partition coefficient (Wildman–Crippen LogP) is 7.18. The van der Waals surface area contributed by atoms with Gasteiger partial charge in [-0.25, -0.2) is 4.98 Å². The van der Waals surface area contributed by atoms with Crippen LogP contribution in [0.5, 0.6) is 0 Å². The molecule has 3 heterocycles. The number of amides is 1. The molecule has 2 saturated carbocycles. The van der Waals surface area contributed by atoms with Gasteiger partial charge in [-0.3, -0.25) is 9.78 Å². The van der Waals surface area contributed by atoms with Crippen LogP contribution >= 0.6 is 11.3 Å². The number of carbonyl (C=O) groups is 1. The number of hydrogen-bond donors (Lipinski definition) is 1. The Morgan fingerprint density at radius 3 is 2.43 bits per heavy atom. The van der Waals surface area contributed by atoms with Gasteiger partial charge in [-0.2, -0.15) is 0 Å². The molecule has 3 aromatic rings. The fourth-order valence-electron chi connectivity index (χ4n) is 5.79. The van der Waals surface area contributed by atoms with Crippen molar-refractivity contribution in [1.29, 1.82) is 0 Å². The van der Waals surface area contributed by atoms with Crippen molar-refractivity contribution in [3.63, 3.8) is 0 Å². The van der Waals surface area contributed by atoms with E-state index in [1.165, 1.54) is 64.2 Å². The minimum absolute atomic E-state index is 0.0647. The summed E-state index contributed by atoms with van der Waals surface area (Å²) in [6.07, 6.45) is 14.8. The SMILES string of the molecule is Cc1ccc(-c2nc(-c3cc(C(=O)NCC4CCCCC4)c(C)n3CC3CCCCC3)cs2)cn1. The second-order valence-corrected chi connectivity index (χ2v) is 11.4. The lowest BCUT2D eigenvalue weighted by Gasteiger charge is -2.24. The maximum atomic E-state index is 13.3. The molecule has 0 aliphatic heterocycles. The zero-order chi connectivity index (χ0) is 24.2. The molecule has 0 aromatic carbocycles. The van der Waals surface area contributed by atoms with Crippen molar-refractivity contribution in [2.24, 2.45) is 11.8 Å². The number of hydrogen-bond acceptors (Lipinski definition) is 4. The van der Waals surface area contributed by atoms with E-state index in [2.05, 4.69) is 39.3 Å². The summed E-state index contributed by atoms with van der Waals surface area (Å²) in [6.45, 7) is 5.87. The van der Waals surface area contributed by atoms with Crippen LogP contribution in [0, 0.1) is 25.7 Å². The second-order valence-electron chi connectivity index (χ2n) is 10.6. The lowest BCUT2D eigenvalue weighted by Crippen LogP contribution is -2.30. The van der Waals surface area contributed by atoms with Crippen LogP contribution in [0.1, 0.15) is 86.0 Å². The first kappa shape index (κ1) is 24.2. The highest BCUT2D eigenvalue weighted by atomic mass is 32.1. The van der Waals surface area contributed by atoms with Crippen LogP contribution in [0.15, 0.2) is 29.8 Å². The van der Waals surface area contributed by atoms with Gasteiger partial charge in [0, 0.05) is 41.6 Å². The Labute approximate surface area is 213 Å². The summed E-state index contributed by atoms with van der Waals surface area (Å²) in [5.41, 5.74) is 5.94. The lowest BCUT2D eigenvalue weighted by molar-refractivity contribution is 0.0942. The van der Waals surface area contributed by atoms with Gasteiger partial charge >= 0.3 is 0 Å². The van der Waals surface area contributed by atoms with Crippen LogP contribution in [-0.2, 0) is 6.54 Å². The van der Waals surface area contributed by atoms with Gasteiger partial charge in [0.1, 0.15) is 5.01 Å². The monoisotopic (exact) mass is 490 g/mol. The highest BCUT2D eigenvalue weighted by Gasteiger charge is 2.24. The van der Waals surface area contributed by atoms with Crippen molar-refractivity contribution in [2.75, 3.05) is 6.54 Å². The topological polar surface area (TPSA) is 59.8 Å². The third kappa shape index (κ3) is 5.69. The largest absolute Gasteiger partial charge is 0.352 e. The Morgan fingerprint density at radius 2 is 1.74 bits per heavy atom. The van der Waals surface area contributed by atoms with E-state index in [1.807, 2.05) is 19.2 Å². The first-order chi connectivity index (χ1) is 17.1. The molecular formula is C29H38N4OS. The molecule has 2 aliphatic rings. The van der Waals surface area contributed by atoms with Crippen molar-refractivity contribution in [2.45, 2.75) is 84.6 Å². The molecule has 0 saturated heterocycles. The van der Waals surface area contributed by atoms with Gasteiger partial charge in [0.05, 0.1) is 17.0 Å². The Kier molecular flexibility index (Phi) is 7.66. The van der Waals surface area contributed by atoms with E-state index in [9.17, 15) is 4.79 Å². The summed E-state index contributed by atoms with van der Waals surface area (Å²) < 4.78 is 2.37. The molecule has 35 heavy (non-hydrogen) atoms. The van der Waals surface area contributed by atoms with E-state index in [4.69, 9.17) is 4.98 Å². The third-order valence-corrected chi connectivity index (χ3v) is 8.87. The van der Waals surface area contributed by atoms with Gasteiger partial charge in [0.25, 0.3) is 5.91 Å². The molecule has 0 bridgehead atoms. The number of nitrogens with one attached hydrogen (secondary N) is 1. The van der Waals surface area contributed by atoms with Crippen LogP contribution in [0.2, 0.25) is 0 Å². The first-order valence-electron chi connectivity index (χ1n) is 13.5. The number of nitrogens with zero attached hydrogens (tertiary/aromatic N) is 3. The van der Waals surface area contributed by atoms with Gasteiger partial charge in [-0.15, -0.1) is 11.3 Å². The molecule has 5 rings (SSSR count). The van der Waals surface area contributed by atoms with E-state index in [0.717, 1.165) is 52.0 Å². The zero-order valence-corrected chi connectivity index (χ0v) is 22.0. The fraction of sp³-hybridized carbons (Fsp3) is 0.552. The molecular weight excluding hydrogens is 452 g/mol. The van der Waals surface area contributed by atoms with Gasteiger partial charge in [-0.05, 0) is 69.6 Å². The molecule has 6 heteroatoms. The molecule has 0 atom stereocenters. The molecule has 1 amide bonds. The number of thiazole rings is 1. The van der Waals surface area contributed by atoms with Crippen LogP contribution in [-0.4, -0.2) is 27.0 Å². The van der Waals surface area contributed by atoms with Crippen molar-refractivity contribution < 1.29 is 4.79 Å². The van der Waals surface area contributed by atoms with Crippen LogP contribution in [0.25, 0.3) is 22.0 Å². The summed E-state index contributed by atoms with van der Waals surface area (Å²) in [5.74, 6) is 1.36. The van der Waals surface area contributed by atoms with Crippen LogP contribution in [0.3, 0.4) is 0 Å². The highest BCUT2D eigenvalue weighted by Crippen LogP contribution is 2.34. The number of aromatic nitrogens is 3. The van der Waals surface area contributed by atoms with E-state index < -0.39 is 0 Å². The minimum atomic E-state index is 0.0647. The molecule has 5 nitrogen and oxygen atoms in total. The van der Waals surface area contributed by atoms with Gasteiger partial charge < -0.3 is 9.88 Å². The smallest absolute Gasteiger partial charge is 0.253 e. The summed E-state index contributed by atoms with van der Waals surface area (Å²) in [4.78, 5) is 22.7. The maximum Gasteiger partial charge on any atom is 0.253 e. The second kappa shape index (κ2) is 11.1. The normalized spacial score (nSPS) is 17.5. The summed E-state index contributed by atoms with van der Waals surface area (Å²) in [5, 5.41) is 6.36. The fourth-order valence-corrected chi connectivity index (χ4v) is 6.60. The summed E-state index contributed by atoms with van der Waals surface area (Å²) in [6, 6.07) is 6.20. The Bertz CT molecular complexity index is 1130. The number of pyridine rings is 1. The van der Waals surface area contributed by atoms with Crippen LogP contribution < -0.4 is 5.32 Å². The average molecular weight is 491 g/mol. The van der Waals surface area contributed by atoms with E-state index >= 15 is 0 Å². The Balaban J connectivity index is 1.42. The summed E-state index contributed by atoms with van der Waals surface area (Å²) in [7, 11) is 0. The minimum Gasteiger partial charge on any atom is -0.352 e. The van der Waals surface area contributed by atoms with Gasteiger partial charge in [-0.1, -0.05) is 38.5 Å². The van der Waals surface area contributed by atoms with Gasteiger partial charge in [0.2, 0.25) is 0 Å². The third-order valence-electron chi connectivity index (χ3n) is 7.98. The van der Waals surface area contributed by atoms with Crippen LogP contribution in [0.4, 0.5) is 0 Å². The van der Waals surface area contributed by atoms with E-state index in [0.29, 0.717) is 11.8 Å².